The molecule has 0 saturated heterocycles. The summed E-state index contributed by atoms with van der Waals surface area (Å²) in [6.07, 6.45) is 2.69. The molecular formula is C13H19NO. The largest absolute Gasteiger partial charge is 0.496 e. The van der Waals surface area contributed by atoms with E-state index in [1.165, 1.54) is 24.0 Å². The Balaban J connectivity index is 2.15. The molecule has 0 atom stereocenters. The van der Waals surface area contributed by atoms with E-state index in [0.717, 1.165) is 24.8 Å². The van der Waals surface area contributed by atoms with Gasteiger partial charge in [-0.3, -0.25) is 0 Å². The molecule has 1 saturated carbocycles. The van der Waals surface area contributed by atoms with Gasteiger partial charge in [0, 0.05) is 12.1 Å². The molecule has 15 heavy (non-hydrogen) atoms. The fraction of sp³-hybridized carbons (Fsp3) is 0.538. The zero-order valence-electron chi connectivity index (χ0n) is 9.55. The van der Waals surface area contributed by atoms with E-state index in [2.05, 4.69) is 30.4 Å². The second kappa shape index (κ2) is 4.67. The van der Waals surface area contributed by atoms with Crippen molar-refractivity contribution in [1.29, 1.82) is 0 Å². The van der Waals surface area contributed by atoms with Crippen molar-refractivity contribution in [1.82, 2.24) is 5.32 Å². The van der Waals surface area contributed by atoms with E-state index in [1.807, 2.05) is 0 Å². The summed E-state index contributed by atoms with van der Waals surface area (Å²) < 4.78 is 5.42. The van der Waals surface area contributed by atoms with E-state index >= 15 is 0 Å². The van der Waals surface area contributed by atoms with Crippen molar-refractivity contribution in [2.24, 2.45) is 0 Å². The van der Waals surface area contributed by atoms with E-state index in [0.29, 0.717) is 0 Å². The van der Waals surface area contributed by atoms with E-state index in [-0.39, 0.29) is 0 Å². The lowest BCUT2D eigenvalue weighted by Gasteiger charge is -2.10. The van der Waals surface area contributed by atoms with Crippen molar-refractivity contribution in [3.8, 4) is 5.75 Å². The van der Waals surface area contributed by atoms with Gasteiger partial charge >= 0.3 is 0 Å². The first-order valence-electron chi connectivity index (χ1n) is 5.72. The van der Waals surface area contributed by atoms with Crippen LogP contribution in [-0.4, -0.2) is 13.7 Å². The van der Waals surface area contributed by atoms with Crippen LogP contribution < -0.4 is 10.1 Å². The number of methoxy groups -OCH3 is 1. The van der Waals surface area contributed by atoms with Gasteiger partial charge in [-0.2, -0.15) is 0 Å². The average molecular weight is 205 g/mol. The SMILES string of the molecule is CCNCc1ccc(C2CC2)cc1OC. The highest BCUT2D eigenvalue weighted by Crippen LogP contribution is 2.41. The third-order valence-electron chi connectivity index (χ3n) is 2.93. The maximum absolute atomic E-state index is 5.42. The highest BCUT2D eigenvalue weighted by atomic mass is 16.5. The van der Waals surface area contributed by atoms with E-state index in [4.69, 9.17) is 4.74 Å². The Morgan fingerprint density at radius 3 is 2.80 bits per heavy atom. The van der Waals surface area contributed by atoms with Crippen LogP contribution in [0.5, 0.6) is 5.75 Å². The number of hydrogen-bond acceptors (Lipinski definition) is 2. The molecule has 0 aliphatic heterocycles. The summed E-state index contributed by atoms with van der Waals surface area (Å²) in [5, 5.41) is 3.32. The van der Waals surface area contributed by atoms with Crippen molar-refractivity contribution in [3.05, 3.63) is 29.3 Å². The Kier molecular flexibility index (Phi) is 3.27. The lowest BCUT2D eigenvalue weighted by Crippen LogP contribution is -2.12. The Morgan fingerprint density at radius 1 is 1.40 bits per heavy atom. The molecule has 1 aliphatic carbocycles. The van der Waals surface area contributed by atoms with Gasteiger partial charge in [-0.15, -0.1) is 0 Å². The second-order valence-corrected chi connectivity index (χ2v) is 4.13. The van der Waals surface area contributed by atoms with Gasteiger partial charge in [0.05, 0.1) is 7.11 Å². The zero-order chi connectivity index (χ0) is 10.7. The number of nitrogens with one attached hydrogen (secondary N) is 1. The fourth-order valence-electron chi connectivity index (χ4n) is 1.84. The molecule has 0 radical (unpaired) electrons. The normalized spacial score (nSPS) is 15.3. The first-order valence-corrected chi connectivity index (χ1v) is 5.72. The molecule has 1 aromatic rings. The molecule has 0 unspecified atom stereocenters. The summed E-state index contributed by atoms with van der Waals surface area (Å²) in [4.78, 5) is 0. The molecule has 2 heteroatoms. The van der Waals surface area contributed by atoms with Gasteiger partial charge in [-0.05, 0) is 36.9 Å². The molecular weight excluding hydrogens is 186 g/mol. The van der Waals surface area contributed by atoms with Gasteiger partial charge in [-0.25, -0.2) is 0 Å². The number of rotatable bonds is 5. The summed E-state index contributed by atoms with van der Waals surface area (Å²) in [5.41, 5.74) is 2.69. The smallest absolute Gasteiger partial charge is 0.123 e. The number of hydrogen-bond donors (Lipinski definition) is 1. The third kappa shape index (κ3) is 2.51. The molecule has 0 spiro atoms. The van der Waals surface area contributed by atoms with Crippen LogP contribution in [0.3, 0.4) is 0 Å². The molecule has 0 aromatic heterocycles. The minimum Gasteiger partial charge on any atom is -0.496 e. The van der Waals surface area contributed by atoms with Crippen LogP contribution in [0.15, 0.2) is 18.2 Å². The third-order valence-corrected chi connectivity index (χ3v) is 2.93. The minimum atomic E-state index is 0.798. The molecule has 0 heterocycles. The molecule has 1 aromatic carbocycles. The Hall–Kier alpha value is -1.02. The summed E-state index contributed by atoms with van der Waals surface area (Å²) >= 11 is 0. The summed E-state index contributed by atoms with van der Waals surface area (Å²) in [7, 11) is 1.75. The topological polar surface area (TPSA) is 21.3 Å². The first kappa shape index (κ1) is 10.5. The van der Waals surface area contributed by atoms with Crippen LogP contribution in [-0.2, 0) is 6.54 Å². The standard InChI is InChI=1S/C13H19NO/c1-3-14-9-12-7-6-11(10-4-5-10)8-13(12)15-2/h6-8,10,14H,3-5,9H2,1-2H3. The Morgan fingerprint density at radius 2 is 2.20 bits per heavy atom. The molecule has 2 rings (SSSR count). The van der Waals surface area contributed by atoms with Crippen molar-refractivity contribution < 1.29 is 4.74 Å². The molecule has 1 aliphatic rings. The number of ether oxygens (including phenoxy) is 1. The fourth-order valence-corrected chi connectivity index (χ4v) is 1.84. The van der Waals surface area contributed by atoms with Crippen molar-refractivity contribution in [2.45, 2.75) is 32.2 Å². The Bertz CT molecular complexity index is 331. The summed E-state index contributed by atoms with van der Waals surface area (Å²) in [6, 6.07) is 6.63. The molecule has 82 valence electrons. The summed E-state index contributed by atoms with van der Waals surface area (Å²) in [5.74, 6) is 1.83. The van der Waals surface area contributed by atoms with Crippen LogP contribution in [0.2, 0.25) is 0 Å². The highest BCUT2D eigenvalue weighted by Gasteiger charge is 2.24. The predicted molar refractivity (Wildman–Crippen MR) is 62.3 cm³/mol. The second-order valence-electron chi connectivity index (χ2n) is 4.13. The minimum absolute atomic E-state index is 0.798. The van der Waals surface area contributed by atoms with Crippen LogP contribution in [0.4, 0.5) is 0 Å². The Labute approximate surface area is 91.6 Å². The van der Waals surface area contributed by atoms with Crippen LogP contribution in [0, 0.1) is 0 Å². The lowest BCUT2D eigenvalue weighted by atomic mass is 10.1. The van der Waals surface area contributed by atoms with Crippen molar-refractivity contribution >= 4 is 0 Å². The number of benzene rings is 1. The molecule has 1 fully saturated rings. The molecule has 0 bridgehead atoms. The predicted octanol–water partition coefficient (Wildman–Crippen LogP) is 2.68. The molecule has 0 amide bonds. The maximum atomic E-state index is 5.42. The maximum Gasteiger partial charge on any atom is 0.123 e. The quantitative estimate of drug-likeness (QED) is 0.798. The van der Waals surface area contributed by atoms with Crippen molar-refractivity contribution in [3.63, 3.8) is 0 Å². The van der Waals surface area contributed by atoms with Gasteiger partial charge in [-0.1, -0.05) is 19.1 Å². The van der Waals surface area contributed by atoms with Gasteiger partial charge < -0.3 is 10.1 Å². The molecule has 1 N–H and O–H groups in total. The molecule has 2 nitrogen and oxygen atoms in total. The highest BCUT2D eigenvalue weighted by molar-refractivity contribution is 5.40. The van der Waals surface area contributed by atoms with Gasteiger partial charge in [0.25, 0.3) is 0 Å². The van der Waals surface area contributed by atoms with Crippen LogP contribution in [0.25, 0.3) is 0 Å². The van der Waals surface area contributed by atoms with Gasteiger partial charge in [0.1, 0.15) is 5.75 Å². The van der Waals surface area contributed by atoms with E-state index < -0.39 is 0 Å². The van der Waals surface area contributed by atoms with Gasteiger partial charge in [0.2, 0.25) is 0 Å². The first-order chi connectivity index (χ1) is 7.35. The van der Waals surface area contributed by atoms with Crippen LogP contribution >= 0.6 is 0 Å². The summed E-state index contributed by atoms with van der Waals surface area (Å²) in [6.45, 7) is 4.00. The van der Waals surface area contributed by atoms with E-state index in [1.54, 1.807) is 7.11 Å². The average Bonchev–Trinajstić information content (AvgIpc) is 3.10. The van der Waals surface area contributed by atoms with Crippen LogP contribution in [0.1, 0.15) is 36.8 Å². The van der Waals surface area contributed by atoms with Gasteiger partial charge in [0.15, 0.2) is 0 Å². The lowest BCUT2D eigenvalue weighted by molar-refractivity contribution is 0.407. The van der Waals surface area contributed by atoms with E-state index in [9.17, 15) is 0 Å². The van der Waals surface area contributed by atoms with Crippen molar-refractivity contribution in [2.75, 3.05) is 13.7 Å². The monoisotopic (exact) mass is 205 g/mol. The zero-order valence-corrected chi connectivity index (χ0v) is 9.55.